The predicted octanol–water partition coefficient (Wildman–Crippen LogP) is 2.30. The Labute approximate surface area is 97.0 Å². The van der Waals surface area contributed by atoms with E-state index >= 15 is 0 Å². The molecule has 0 spiro atoms. The van der Waals surface area contributed by atoms with Crippen LogP contribution in [0.3, 0.4) is 0 Å². The molecule has 4 nitrogen and oxygen atoms in total. The first-order valence-corrected chi connectivity index (χ1v) is 5.19. The van der Waals surface area contributed by atoms with Gasteiger partial charge >= 0.3 is 5.97 Å². The number of H-pyrrole nitrogens is 1. The number of carboxylic acids is 1. The Hall–Kier alpha value is -1.52. The maximum absolute atomic E-state index is 10.6. The van der Waals surface area contributed by atoms with Gasteiger partial charge in [-0.3, -0.25) is 4.79 Å². The van der Waals surface area contributed by atoms with Crippen molar-refractivity contribution in [3.63, 3.8) is 0 Å². The quantitative estimate of drug-likeness (QED) is 0.768. The summed E-state index contributed by atoms with van der Waals surface area (Å²) in [5, 5.41) is 10.2. The molecule has 0 amide bonds. The molecule has 0 saturated heterocycles. The number of nitrogens with one attached hydrogen (secondary N) is 1. The molecule has 2 aromatic rings. The van der Waals surface area contributed by atoms with Gasteiger partial charge in [0.05, 0.1) is 6.42 Å². The van der Waals surface area contributed by atoms with E-state index in [2.05, 4.69) is 4.98 Å². The van der Waals surface area contributed by atoms with Crippen LogP contribution < -0.4 is 5.73 Å². The van der Waals surface area contributed by atoms with Gasteiger partial charge < -0.3 is 15.8 Å². The van der Waals surface area contributed by atoms with Gasteiger partial charge in [-0.15, -0.1) is 0 Å². The SMILES string of the molecule is NC(CC(=O)O)c1c[nH]c2ccc(Cl)cc12. The summed E-state index contributed by atoms with van der Waals surface area (Å²) in [7, 11) is 0. The lowest BCUT2D eigenvalue weighted by Gasteiger charge is -2.07. The Kier molecular flexibility index (Phi) is 2.85. The Balaban J connectivity index is 2.44. The van der Waals surface area contributed by atoms with E-state index in [1.165, 1.54) is 0 Å². The number of hydrogen-bond donors (Lipinski definition) is 3. The highest BCUT2D eigenvalue weighted by Gasteiger charge is 2.14. The van der Waals surface area contributed by atoms with Crippen LogP contribution in [0.1, 0.15) is 18.0 Å². The highest BCUT2D eigenvalue weighted by molar-refractivity contribution is 6.31. The number of halogens is 1. The highest BCUT2D eigenvalue weighted by Crippen LogP contribution is 2.27. The molecule has 1 aromatic heterocycles. The molecule has 0 fully saturated rings. The van der Waals surface area contributed by atoms with E-state index < -0.39 is 12.0 Å². The summed E-state index contributed by atoms with van der Waals surface area (Å²) in [4.78, 5) is 13.6. The second-order valence-corrected chi connectivity index (χ2v) is 4.07. The number of aromatic amines is 1. The van der Waals surface area contributed by atoms with Crippen LogP contribution in [-0.2, 0) is 4.79 Å². The standard InChI is InChI=1S/C11H11ClN2O2/c12-6-1-2-10-7(3-6)8(5-14-10)9(13)4-11(15)16/h1-3,5,9,14H,4,13H2,(H,15,16). The van der Waals surface area contributed by atoms with Gasteiger partial charge in [-0.2, -0.15) is 0 Å². The van der Waals surface area contributed by atoms with Crippen LogP contribution >= 0.6 is 11.6 Å². The van der Waals surface area contributed by atoms with E-state index in [9.17, 15) is 4.79 Å². The Morgan fingerprint density at radius 3 is 3.00 bits per heavy atom. The monoisotopic (exact) mass is 238 g/mol. The minimum atomic E-state index is -0.913. The largest absolute Gasteiger partial charge is 0.481 e. The van der Waals surface area contributed by atoms with Crippen molar-refractivity contribution < 1.29 is 9.90 Å². The van der Waals surface area contributed by atoms with Gasteiger partial charge in [0, 0.05) is 28.2 Å². The maximum atomic E-state index is 10.6. The first kappa shape index (κ1) is 11.0. The summed E-state index contributed by atoms with van der Waals surface area (Å²) in [5.74, 6) is -0.913. The normalized spacial score (nSPS) is 12.9. The molecule has 0 aliphatic heterocycles. The Morgan fingerprint density at radius 2 is 2.31 bits per heavy atom. The molecule has 2 rings (SSSR count). The fourth-order valence-corrected chi connectivity index (χ4v) is 1.89. The molecule has 16 heavy (non-hydrogen) atoms. The molecular weight excluding hydrogens is 228 g/mol. The van der Waals surface area contributed by atoms with E-state index in [0.29, 0.717) is 5.02 Å². The highest BCUT2D eigenvalue weighted by atomic mass is 35.5. The number of fused-ring (bicyclic) bond motifs is 1. The van der Waals surface area contributed by atoms with Gasteiger partial charge in [-0.1, -0.05) is 11.6 Å². The average Bonchev–Trinajstić information content (AvgIpc) is 2.59. The van der Waals surface area contributed by atoms with Crippen LogP contribution in [0, 0.1) is 0 Å². The summed E-state index contributed by atoms with van der Waals surface area (Å²) in [6.45, 7) is 0. The zero-order valence-corrected chi connectivity index (χ0v) is 9.16. The van der Waals surface area contributed by atoms with Crippen molar-refractivity contribution in [1.29, 1.82) is 0 Å². The van der Waals surface area contributed by atoms with Gasteiger partial charge in [0.15, 0.2) is 0 Å². The fraction of sp³-hybridized carbons (Fsp3) is 0.182. The van der Waals surface area contributed by atoms with E-state index in [4.69, 9.17) is 22.4 Å². The zero-order valence-electron chi connectivity index (χ0n) is 8.40. The number of hydrogen-bond acceptors (Lipinski definition) is 2. The summed E-state index contributed by atoms with van der Waals surface area (Å²) in [6.07, 6.45) is 1.63. The average molecular weight is 239 g/mol. The van der Waals surface area contributed by atoms with Crippen molar-refractivity contribution in [2.75, 3.05) is 0 Å². The van der Waals surface area contributed by atoms with Crippen LogP contribution in [0.2, 0.25) is 5.02 Å². The third-order valence-corrected chi connectivity index (χ3v) is 2.70. The predicted molar refractivity (Wildman–Crippen MR) is 62.5 cm³/mol. The zero-order chi connectivity index (χ0) is 11.7. The molecule has 0 saturated carbocycles. The number of benzene rings is 1. The van der Waals surface area contributed by atoms with Crippen molar-refractivity contribution in [3.8, 4) is 0 Å². The van der Waals surface area contributed by atoms with Crippen LogP contribution in [0.5, 0.6) is 0 Å². The van der Waals surface area contributed by atoms with Crippen molar-refractivity contribution in [2.24, 2.45) is 5.73 Å². The fourth-order valence-electron chi connectivity index (χ4n) is 1.72. The first-order chi connectivity index (χ1) is 7.58. The first-order valence-electron chi connectivity index (χ1n) is 4.82. The van der Waals surface area contributed by atoms with Crippen molar-refractivity contribution in [2.45, 2.75) is 12.5 Å². The summed E-state index contributed by atoms with van der Waals surface area (Å²) >= 11 is 5.89. The van der Waals surface area contributed by atoms with Crippen molar-refractivity contribution >= 4 is 28.5 Å². The molecule has 1 atom stereocenters. The molecule has 0 radical (unpaired) electrons. The van der Waals surface area contributed by atoms with E-state index in [0.717, 1.165) is 16.5 Å². The Bertz CT molecular complexity index is 536. The van der Waals surface area contributed by atoms with E-state index in [1.54, 1.807) is 18.3 Å². The molecule has 84 valence electrons. The molecule has 5 heteroatoms. The van der Waals surface area contributed by atoms with Crippen LogP contribution in [0.15, 0.2) is 24.4 Å². The van der Waals surface area contributed by atoms with Crippen molar-refractivity contribution in [3.05, 3.63) is 35.0 Å². The lowest BCUT2D eigenvalue weighted by atomic mass is 10.0. The summed E-state index contributed by atoms with van der Waals surface area (Å²) in [5.41, 5.74) is 7.49. The number of aliphatic carboxylic acids is 1. The third kappa shape index (κ3) is 2.03. The topological polar surface area (TPSA) is 79.1 Å². The van der Waals surface area contributed by atoms with Gasteiger partial charge in [0.25, 0.3) is 0 Å². The second kappa shape index (κ2) is 4.15. The van der Waals surface area contributed by atoms with Crippen molar-refractivity contribution in [1.82, 2.24) is 4.98 Å². The summed E-state index contributed by atoms with van der Waals surface area (Å²) in [6, 6.07) is 4.87. The number of aromatic nitrogens is 1. The van der Waals surface area contributed by atoms with Crippen LogP contribution in [0.25, 0.3) is 10.9 Å². The molecule has 4 N–H and O–H groups in total. The lowest BCUT2D eigenvalue weighted by molar-refractivity contribution is -0.137. The number of rotatable bonds is 3. The molecule has 1 aromatic carbocycles. The lowest BCUT2D eigenvalue weighted by Crippen LogP contribution is -2.14. The van der Waals surface area contributed by atoms with E-state index in [-0.39, 0.29) is 6.42 Å². The Morgan fingerprint density at radius 1 is 1.56 bits per heavy atom. The third-order valence-electron chi connectivity index (χ3n) is 2.47. The molecular formula is C11H11ClN2O2. The van der Waals surface area contributed by atoms with Gasteiger partial charge in [0.1, 0.15) is 0 Å². The van der Waals surface area contributed by atoms with Gasteiger partial charge in [-0.25, -0.2) is 0 Å². The molecule has 0 aliphatic carbocycles. The molecule has 1 heterocycles. The second-order valence-electron chi connectivity index (χ2n) is 3.64. The molecule has 0 bridgehead atoms. The van der Waals surface area contributed by atoms with Crippen LogP contribution in [-0.4, -0.2) is 16.1 Å². The van der Waals surface area contributed by atoms with E-state index in [1.807, 2.05) is 6.07 Å². The number of nitrogens with two attached hydrogens (primary N) is 1. The maximum Gasteiger partial charge on any atom is 0.305 e. The van der Waals surface area contributed by atoms with Crippen LogP contribution in [0.4, 0.5) is 0 Å². The van der Waals surface area contributed by atoms with Gasteiger partial charge in [-0.05, 0) is 23.8 Å². The number of carboxylic acid groups (broad SMARTS) is 1. The summed E-state index contributed by atoms with van der Waals surface area (Å²) < 4.78 is 0. The minimum absolute atomic E-state index is 0.0978. The van der Waals surface area contributed by atoms with Gasteiger partial charge in [0.2, 0.25) is 0 Å². The molecule has 0 aliphatic rings. The smallest absolute Gasteiger partial charge is 0.305 e. The number of carbonyl (C=O) groups is 1. The molecule has 1 unspecified atom stereocenters. The minimum Gasteiger partial charge on any atom is -0.481 e.